The van der Waals surface area contributed by atoms with Crippen molar-refractivity contribution >= 4 is 17.7 Å². The fraction of sp³-hybridized carbons (Fsp3) is 0.333. The van der Waals surface area contributed by atoms with Crippen molar-refractivity contribution in [1.82, 2.24) is 10.2 Å². The maximum absolute atomic E-state index is 12.6. The number of nitrogens with one attached hydrogen (secondary N) is 1. The third-order valence-corrected chi connectivity index (χ3v) is 5.16. The van der Waals surface area contributed by atoms with Crippen molar-refractivity contribution < 1.29 is 23.8 Å². The number of allylic oxidation sites excluding steroid dienone is 1. The Kier molecular flexibility index (Phi) is 7.59. The van der Waals surface area contributed by atoms with Gasteiger partial charge in [0.1, 0.15) is 11.5 Å². The minimum atomic E-state index is -0.363. The van der Waals surface area contributed by atoms with Crippen molar-refractivity contribution in [3.63, 3.8) is 0 Å². The molecule has 0 atom stereocenters. The zero-order valence-electron chi connectivity index (χ0n) is 18.7. The van der Waals surface area contributed by atoms with Crippen LogP contribution in [0.15, 0.2) is 54.8 Å². The van der Waals surface area contributed by atoms with Crippen LogP contribution in [-0.4, -0.2) is 57.3 Å². The van der Waals surface area contributed by atoms with Gasteiger partial charge in [0.15, 0.2) is 0 Å². The van der Waals surface area contributed by atoms with Crippen molar-refractivity contribution in [2.45, 2.75) is 13.5 Å². The Balaban J connectivity index is 1.54. The van der Waals surface area contributed by atoms with Crippen molar-refractivity contribution in [2.75, 3.05) is 45.3 Å². The molecular formula is C24H29N3O5. The van der Waals surface area contributed by atoms with Crippen LogP contribution in [0.25, 0.3) is 0 Å². The first-order valence-corrected chi connectivity index (χ1v) is 10.4. The lowest BCUT2D eigenvalue weighted by atomic mass is 10.1. The van der Waals surface area contributed by atoms with Crippen LogP contribution >= 0.6 is 0 Å². The minimum absolute atomic E-state index is 0.161. The average molecular weight is 440 g/mol. The molecule has 0 spiro atoms. The SMILES string of the molecule is C=C(C)OC(=O)N1CCN(c2ccc(C(=O)NCc3cc(OC)cc(OC)c3)cc2)CC1. The van der Waals surface area contributed by atoms with E-state index in [4.69, 9.17) is 14.2 Å². The van der Waals surface area contributed by atoms with Crippen LogP contribution in [0.1, 0.15) is 22.8 Å². The summed E-state index contributed by atoms with van der Waals surface area (Å²) in [6.07, 6.45) is -0.363. The standard InChI is InChI=1S/C24H29N3O5/c1-17(2)32-24(29)27-11-9-26(10-12-27)20-7-5-19(6-8-20)23(28)25-16-18-13-21(30-3)15-22(14-18)31-4/h5-8,13-15H,1,9-12,16H2,2-4H3,(H,25,28). The number of hydrogen-bond acceptors (Lipinski definition) is 6. The van der Waals surface area contributed by atoms with Gasteiger partial charge >= 0.3 is 6.09 Å². The Morgan fingerprint density at radius 1 is 0.969 bits per heavy atom. The molecule has 170 valence electrons. The van der Waals surface area contributed by atoms with Crippen molar-refractivity contribution in [3.05, 3.63) is 65.9 Å². The van der Waals surface area contributed by atoms with Gasteiger partial charge in [-0.25, -0.2) is 4.79 Å². The summed E-state index contributed by atoms with van der Waals surface area (Å²) < 4.78 is 15.6. The van der Waals surface area contributed by atoms with Gasteiger partial charge in [-0.1, -0.05) is 6.58 Å². The van der Waals surface area contributed by atoms with Gasteiger partial charge in [0.05, 0.1) is 20.0 Å². The summed E-state index contributed by atoms with van der Waals surface area (Å²) in [7, 11) is 3.18. The number of hydrogen-bond donors (Lipinski definition) is 1. The molecule has 2 amide bonds. The second-order valence-electron chi connectivity index (χ2n) is 7.49. The van der Waals surface area contributed by atoms with Gasteiger partial charge in [-0.2, -0.15) is 0 Å². The van der Waals surface area contributed by atoms with E-state index < -0.39 is 0 Å². The molecule has 0 bridgehead atoms. The number of piperazine rings is 1. The molecule has 0 unspecified atom stereocenters. The Morgan fingerprint density at radius 2 is 1.56 bits per heavy atom. The van der Waals surface area contributed by atoms with Crippen molar-refractivity contribution in [3.8, 4) is 11.5 Å². The highest BCUT2D eigenvalue weighted by Gasteiger charge is 2.22. The molecule has 8 heteroatoms. The molecule has 8 nitrogen and oxygen atoms in total. The normalized spacial score (nSPS) is 13.3. The number of methoxy groups -OCH3 is 2. The van der Waals surface area contributed by atoms with Crippen LogP contribution in [0.3, 0.4) is 0 Å². The zero-order chi connectivity index (χ0) is 23.1. The monoisotopic (exact) mass is 439 g/mol. The quantitative estimate of drug-likeness (QED) is 0.666. The molecule has 1 aliphatic rings. The lowest BCUT2D eigenvalue weighted by molar-refractivity contribution is 0.0950. The summed E-state index contributed by atoms with van der Waals surface area (Å²) in [4.78, 5) is 28.4. The van der Waals surface area contributed by atoms with Crippen LogP contribution in [0.2, 0.25) is 0 Å². The highest BCUT2D eigenvalue weighted by molar-refractivity contribution is 5.94. The van der Waals surface area contributed by atoms with E-state index in [1.54, 1.807) is 44.2 Å². The Morgan fingerprint density at radius 3 is 2.09 bits per heavy atom. The maximum atomic E-state index is 12.6. The fourth-order valence-electron chi connectivity index (χ4n) is 3.44. The molecular weight excluding hydrogens is 410 g/mol. The molecule has 1 aliphatic heterocycles. The number of carbonyl (C=O) groups excluding carboxylic acids is 2. The van der Waals surface area contributed by atoms with Gasteiger partial charge < -0.3 is 29.3 Å². The molecule has 2 aromatic rings. The maximum Gasteiger partial charge on any atom is 0.414 e. The van der Waals surface area contributed by atoms with Gasteiger partial charge in [0.25, 0.3) is 5.91 Å². The number of carbonyl (C=O) groups is 2. The fourth-order valence-corrected chi connectivity index (χ4v) is 3.44. The molecule has 1 N–H and O–H groups in total. The molecule has 3 rings (SSSR count). The predicted molar refractivity (Wildman–Crippen MR) is 122 cm³/mol. The second kappa shape index (κ2) is 10.6. The third kappa shape index (κ3) is 5.94. The Labute approximate surface area is 188 Å². The summed E-state index contributed by atoms with van der Waals surface area (Å²) >= 11 is 0. The van der Waals surface area contributed by atoms with Crippen LogP contribution in [0, 0.1) is 0 Å². The molecule has 2 aromatic carbocycles. The van der Waals surface area contributed by atoms with E-state index in [0.717, 1.165) is 11.3 Å². The number of rotatable bonds is 7. The van der Waals surface area contributed by atoms with Crippen LogP contribution in [0.5, 0.6) is 11.5 Å². The number of amides is 2. The lowest BCUT2D eigenvalue weighted by Gasteiger charge is -2.35. The topological polar surface area (TPSA) is 80.3 Å². The lowest BCUT2D eigenvalue weighted by Crippen LogP contribution is -2.48. The van der Waals surface area contributed by atoms with Crippen LogP contribution < -0.4 is 19.7 Å². The van der Waals surface area contributed by atoms with Gasteiger partial charge in [-0.3, -0.25) is 4.79 Å². The molecule has 32 heavy (non-hydrogen) atoms. The molecule has 1 heterocycles. The van der Waals surface area contributed by atoms with E-state index in [-0.39, 0.29) is 12.0 Å². The largest absolute Gasteiger partial charge is 0.497 e. The minimum Gasteiger partial charge on any atom is -0.497 e. The van der Waals surface area contributed by atoms with E-state index in [0.29, 0.717) is 55.5 Å². The van der Waals surface area contributed by atoms with Gasteiger partial charge in [0, 0.05) is 50.0 Å². The average Bonchev–Trinajstić information content (AvgIpc) is 2.82. The summed E-state index contributed by atoms with van der Waals surface area (Å²) in [5, 5.41) is 2.92. The number of benzene rings is 2. The molecule has 1 fully saturated rings. The van der Waals surface area contributed by atoms with E-state index in [9.17, 15) is 9.59 Å². The summed E-state index contributed by atoms with van der Waals surface area (Å²) in [6.45, 7) is 8.12. The number of anilines is 1. The summed E-state index contributed by atoms with van der Waals surface area (Å²) in [5.74, 6) is 1.57. The van der Waals surface area contributed by atoms with E-state index >= 15 is 0 Å². The highest BCUT2D eigenvalue weighted by atomic mass is 16.6. The third-order valence-electron chi connectivity index (χ3n) is 5.16. The molecule has 0 saturated carbocycles. The summed E-state index contributed by atoms with van der Waals surface area (Å²) in [5.41, 5.74) is 2.47. The first-order valence-electron chi connectivity index (χ1n) is 10.4. The smallest absolute Gasteiger partial charge is 0.414 e. The van der Waals surface area contributed by atoms with Crippen molar-refractivity contribution in [1.29, 1.82) is 0 Å². The first-order chi connectivity index (χ1) is 15.4. The highest BCUT2D eigenvalue weighted by Crippen LogP contribution is 2.23. The predicted octanol–water partition coefficient (Wildman–Crippen LogP) is 3.43. The summed E-state index contributed by atoms with van der Waals surface area (Å²) in [6, 6.07) is 13.0. The van der Waals surface area contributed by atoms with E-state index in [2.05, 4.69) is 16.8 Å². The van der Waals surface area contributed by atoms with Crippen LogP contribution in [-0.2, 0) is 11.3 Å². The van der Waals surface area contributed by atoms with Gasteiger partial charge in [-0.05, 0) is 48.9 Å². The Hall–Kier alpha value is -3.68. The molecule has 0 aliphatic carbocycles. The van der Waals surface area contributed by atoms with E-state index in [1.807, 2.05) is 24.3 Å². The Bertz CT molecular complexity index is 944. The van der Waals surface area contributed by atoms with Gasteiger partial charge in [0.2, 0.25) is 0 Å². The van der Waals surface area contributed by atoms with Crippen molar-refractivity contribution in [2.24, 2.45) is 0 Å². The molecule has 0 aromatic heterocycles. The zero-order valence-corrected chi connectivity index (χ0v) is 18.7. The van der Waals surface area contributed by atoms with Gasteiger partial charge in [-0.15, -0.1) is 0 Å². The van der Waals surface area contributed by atoms with Crippen LogP contribution in [0.4, 0.5) is 10.5 Å². The first kappa shape index (κ1) is 23.0. The second-order valence-corrected chi connectivity index (χ2v) is 7.49. The number of nitrogens with zero attached hydrogens (tertiary/aromatic N) is 2. The molecule has 0 radical (unpaired) electrons. The van der Waals surface area contributed by atoms with E-state index in [1.165, 1.54) is 0 Å². The molecule has 1 saturated heterocycles. The number of ether oxygens (including phenoxy) is 3.